The molecule has 0 unspecified atom stereocenters. The van der Waals surface area contributed by atoms with Gasteiger partial charge in [-0.15, -0.1) is 0 Å². The number of benzene rings is 2. The summed E-state index contributed by atoms with van der Waals surface area (Å²) < 4.78 is 10.1. The van der Waals surface area contributed by atoms with Gasteiger partial charge in [-0.3, -0.25) is 19.3 Å². The molecule has 30 heavy (non-hydrogen) atoms. The molecule has 154 valence electrons. The van der Waals surface area contributed by atoms with E-state index in [1.54, 1.807) is 49.4 Å². The number of carbonyl (C=O) groups excluding carboxylic acids is 4. The van der Waals surface area contributed by atoms with Gasteiger partial charge < -0.3 is 9.47 Å². The molecule has 0 spiro atoms. The van der Waals surface area contributed by atoms with E-state index in [1.807, 2.05) is 0 Å². The molecule has 1 fully saturated rings. The normalized spacial score (nSPS) is 14.9. The summed E-state index contributed by atoms with van der Waals surface area (Å²) in [6, 6.07) is 12.8. The van der Waals surface area contributed by atoms with Crippen molar-refractivity contribution in [3.8, 4) is 5.75 Å². The summed E-state index contributed by atoms with van der Waals surface area (Å²) in [5, 5.41) is -0.139. The lowest BCUT2D eigenvalue weighted by atomic mass is 10.2. The molecule has 1 heterocycles. The Balaban J connectivity index is 1.73. The Morgan fingerprint density at radius 2 is 1.90 bits per heavy atom. The second-order valence-electron chi connectivity index (χ2n) is 6.05. The van der Waals surface area contributed by atoms with E-state index in [0.717, 1.165) is 16.7 Å². The molecule has 0 N–H and O–H groups in total. The predicted molar refractivity (Wildman–Crippen MR) is 112 cm³/mol. The maximum Gasteiger partial charge on any atom is 0.343 e. The molecule has 9 heteroatoms. The van der Waals surface area contributed by atoms with Crippen molar-refractivity contribution in [3.63, 3.8) is 0 Å². The van der Waals surface area contributed by atoms with Gasteiger partial charge in [0.05, 0.1) is 17.1 Å². The highest BCUT2D eigenvalue weighted by molar-refractivity contribution is 8.18. The number of esters is 2. The van der Waals surface area contributed by atoms with Gasteiger partial charge in [0.15, 0.2) is 0 Å². The molecule has 1 aliphatic heterocycles. The fraction of sp³-hybridized carbons (Fsp3) is 0.143. The van der Waals surface area contributed by atoms with Crippen LogP contribution in [0.15, 0.2) is 53.4 Å². The number of rotatable bonds is 6. The molecule has 0 radical (unpaired) electrons. The summed E-state index contributed by atoms with van der Waals surface area (Å²) in [5.74, 6) is -1.56. The number of amides is 2. The van der Waals surface area contributed by atoms with Gasteiger partial charge in [-0.1, -0.05) is 29.8 Å². The molecule has 1 aliphatic rings. The van der Waals surface area contributed by atoms with Crippen molar-refractivity contribution < 1.29 is 28.7 Å². The molecular weight excluding hydrogens is 430 g/mol. The molecule has 7 nitrogen and oxygen atoms in total. The van der Waals surface area contributed by atoms with Crippen LogP contribution in [0.2, 0.25) is 5.02 Å². The first-order chi connectivity index (χ1) is 14.4. The van der Waals surface area contributed by atoms with Gasteiger partial charge in [-0.25, -0.2) is 4.79 Å². The largest absolute Gasteiger partial charge is 0.465 e. The Bertz CT molecular complexity index is 1050. The number of hydrogen-bond acceptors (Lipinski definition) is 7. The lowest BCUT2D eigenvalue weighted by Crippen LogP contribution is -2.34. The number of halogens is 1. The van der Waals surface area contributed by atoms with Gasteiger partial charge in [-0.05, 0) is 60.7 Å². The zero-order chi connectivity index (χ0) is 21.7. The lowest BCUT2D eigenvalue weighted by molar-refractivity contribution is -0.145. The van der Waals surface area contributed by atoms with Gasteiger partial charge in [0, 0.05) is 5.02 Å². The molecular formula is C21H16ClNO6S. The first-order valence-electron chi connectivity index (χ1n) is 8.86. The molecule has 0 aliphatic carbocycles. The quantitative estimate of drug-likeness (QED) is 0.374. The van der Waals surface area contributed by atoms with Crippen molar-refractivity contribution in [2.45, 2.75) is 6.92 Å². The second kappa shape index (κ2) is 9.60. The molecule has 2 aromatic carbocycles. The van der Waals surface area contributed by atoms with Crippen LogP contribution in [-0.4, -0.2) is 41.1 Å². The van der Waals surface area contributed by atoms with E-state index in [-0.39, 0.29) is 17.3 Å². The van der Waals surface area contributed by atoms with Crippen molar-refractivity contribution in [2.24, 2.45) is 0 Å². The number of carbonyl (C=O) groups is 4. The van der Waals surface area contributed by atoms with E-state index in [4.69, 9.17) is 21.1 Å². The van der Waals surface area contributed by atoms with Gasteiger partial charge in [0.2, 0.25) is 0 Å². The molecule has 0 aromatic heterocycles. The highest BCUT2D eigenvalue weighted by Crippen LogP contribution is 2.32. The Kier molecular flexibility index (Phi) is 6.91. The molecule has 2 aromatic rings. The third-order valence-electron chi connectivity index (χ3n) is 3.89. The molecule has 1 saturated heterocycles. The van der Waals surface area contributed by atoms with Crippen LogP contribution in [0.4, 0.5) is 4.79 Å². The third kappa shape index (κ3) is 5.28. The van der Waals surface area contributed by atoms with Crippen molar-refractivity contribution in [2.75, 3.05) is 13.2 Å². The van der Waals surface area contributed by atoms with E-state index < -0.39 is 29.6 Å². The summed E-state index contributed by atoms with van der Waals surface area (Å²) in [7, 11) is 0. The summed E-state index contributed by atoms with van der Waals surface area (Å²) in [5.41, 5.74) is 0.848. The number of hydrogen-bond donors (Lipinski definition) is 0. The first-order valence-corrected chi connectivity index (χ1v) is 10.1. The SMILES string of the molecule is CCOC(=O)CN1C(=O)S/C(=C\c2cccc(OC(=O)c3cccc(Cl)c3)c2)C1=O. The number of ether oxygens (including phenoxy) is 2. The fourth-order valence-electron chi connectivity index (χ4n) is 2.57. The van der Waals surface area contributed by atoms with Crippen LogP contribution >= 0.6 is 23.4 Å². The molecule has 2 amide bonds. The van der Waals surface area contributed by atoms with E-state index in [9.17, 15) is 19.2 Å². The van der Waals surface area contributed by atoms with E-state index in [0.29, 0.717) is 16.1 Å². The smallest absolute Gasteiger partial charge is 0.343 e. The second-order valence-corrected chi connectivity index (χ2v) is 7.47. The van der Waals surface area contributed by atoms with Crippen molar-refractivity contribution in [1.29, 1.82) is 0 Å². The van der Waals surface area contributed by atoms with Crippen molar-refractivity contribution >= 4 is 52.5 Å². The first kappa shape index (κ1) is 21.6. The minimum atomic E-state index is -0.657. The maximum atomic E-state index is 12.4. The Hall–Kier alpha value is -3.10. The maximum absolute atomic E-state index is 12.4. The van der Waals surface area contributed by atoms with Gasteiger partial charge in [0.25, 0.3) is 11.1 Å². The average molecular weight is 446 g/mol. The van der Waals surface area contributed by atoms with Gasteiger partial charge in [0.1, 0.15) is 12.3 Å². The number of thioether (sulfide) groups is 1. The van der Waals surface area contributed by atoms with Crippen LogP contribution in [0.5, 0.6) is 5.75 Å². The average Bonchev–Trinajstić information content (AvgIpc) is 2.96. The zero-order valence-corrected chi connectivity index (χ0v) is 17.4. The molecule has 3 rings (SSSR count). The van der Waals surface area contributed by atoms with Crippen LogP contribution in [0.25, 0.3) is 6.08 Å². The van der Waals surface area contributed by atoms with Gasteiger partial charge >= 0.3 is 11.9 Å². The Labute approximate surface area is 181 Å². The Morgan fingerprint density at radius 1 is 1.13 bits per heavy atom. The third-order valence-corrected chi connectivity index (χ3v) is 5.04. The van der Waals surface area contributed by atoms with E-state index in [1.165, 1.54) is 12.1 Å². The fourth-order valence-corrected chi connectivity index (χ4v) is 3.60. The number of imide groups is 1. The summed E-state index contributed by atoms with van der Waals surface area (Å²) in [6.45, 7) is 1.36. The topological polar surface area (TPSA) is 90.0 Å². The van der Waals surface area contributed by atoms with Gasteiger partial charge in [-0.2, -0.15) is 0 Å². The molecule has 0 atom stereocenters. The van der Waals surface area contributed by atoms with Crippen molar-refractivity contribution in [1.82, 2.24) is 4.90 Å². The van der Waals surface area contributed by atoms with Crippen LogP contribution in [0.3, 0.4) is 0 Å². The van der Waals surface area contributed by atoms with E-state index >= 15 is 0 Å². The standard InChI is InChI=1S/C21H16ClNO6S/c1-2-28-18(24)12-23-19(25)17(30-21(23)27)10-13-5-3-8-16(9-13)29-20(26)14-6-4-7-15(22)11-14/h3-11H,2,12H2,1H3/b17-10-. The zero-order valence-electron chi connectivity index (χ0n) is 15.8. The summed E-state index contributed by atoms with van der Waals surface area (Å²) >= 11 is 6.61. The van der Waals surface area contributed by atoms with Crippen LogP contribution in [0.1, 0.15) is 22.8 Å². The summed E-state index contributed by atoms with van der Waals surface area (Å²) in [4.78, 5) is 49.4. The van der Waals surface area contributed by atoms with Crippen LogP contribution < -0.4 is 4.74 Å². The summed E-state index contributed by atoms with van der Waals surface area (Å²) in [6.07, 6.45) is 1.49. The van der Waals surface area contributed by atoms with E-state index in [2.05, 4.69) is 0 Å². The molecule has 0 bridgehead atoms. The highest BCUT2D eigenvalue weighted by atomic mass is 35.5. The minimum Gasteiger partial charge on any atom is -0.465 e. The predicted octanol–water partition coefficient (Wildman–Crippen LogP) is 4.16. The minimum absolute atomic E-state index is 0.155. The highest BCUT2D eigenvalue weighted by Gasteiger charge is 2.36. The monoisotopic (exact) mass is 445 g/mol. The van der Waals surface area contributed by atoms with Crippen molar-refractivity contribution in [3.05, 3.63) is 69.6 Å². The number of nitrogens with zero attached hydrogens (tertiary/aromatic N) is 1. The van der Waals surface area contributed by atoms with Crippen LogP contribution in [0, 0.1) is 0 Å². The Morgan fingerprint density at radius 3 is 2.63 bits per heavy atom. The van der Waals surface area contributed by atoms with Crippen LogP contribution in [-0.2, 0) is 14.3 Å². The lowest BCUT2D eigenvalue weighted by Gasteiger charge is -2.10. The molecule has 0 saturated carbocycles.